The van der Waals surface area contributed by atoms with Crippen LogP contribution in [-0.2, 0) is 4.79 Å². The van der Waals surface area contributed by atoms with E-state index < -0.39 is 0 Å². The Hall–Kier alpha value is -2.04. The van der Waals surface area contributed by atoms with E-state index in [2.05, 4.69) is 10.5 Å². The number of carbonyl (C=O) groups excluding carboxylic acids is 1. The fourth-order valence-corrected chi connectivity index (χ4v) is 1.89. The van der Waals surface area contributed by atoms with Gasteiger partial charge in [0.1, 0.15) is 5.75 Å². The summed E-state index contributed by atoms with van der Waals surface area (Å²) in [5.41, 5.74) is 4.23. The molecule has 4 nitrogen and oxygen atoms in total. The largest absolute Gasteiger partial charge is 0.484 e. The second kappa shape index (κ2) is 7.82. The number of rotatable bonds is 5. The Balaban J connectivity index is 1.80. The third-order valence-corrected chi connectivity index (χ3v) is 3.48. The quantitative estimate of drug-likeness (QED) is 0.666. The monoisotopic (exact) mass is 336 g/mol. The van der Waals surface area contributed by atoms with E-state index in [4.69, 9.17) is 27.9 Å². The third kappa shape index (κ3) is 5.06. The number of ether oxygens (including phenoxy) is 1. The number of nitrogens with one attached hydrogen (secondary N) is 1. The molecule has 22 heavy (non-hydrogen) atoms. The second-order valence-electron chi connectivity index (χ2n) is 4.57. The van der Waals surface area contributed by atoms with Crippen molar-refractivity contribution in [2.75, 3.05) is 6.61 Å². The highest BCUT2D eigenvalue weighted by atomic mass is 35.5. The summed E-state index contributed by atoms with van der Waals surface area (Å²) in [5.74, 6) is 0.283. The lowest BCUT2D eigenvalue weighted by Gasteiger charge is -2.05. The first-order valence-corrected chi connectivity index (χ1v) is 7.26. The van der Waals surface area contributed by atoms with Crippen LogP contribution in [0.2, 0.25) is 10.0 Å². The van der Waals surface area contributed by atoms with E-state index in [-0.39, 0.29) is 12.5 Å². The molecule has 0 spiro atoms. The lowest BCUT2D eigenvalue weighted by Crippen LogP contribution is -2.24. The number of amides is 1. The Bertz CT molecular complexity index is 685. The summed E-state index contributed by atoms with van der Waals surface area (Å²) < 4.78 is 5.34. The van der Waals surface area contributed by atoms with Crippen LogP contribution in [0, 0.1) is 6.92 Å². The van der Waals surface area contributed by atoms with E-state index in [9.17, 15) is 4.79 Å². The minimum absolute atomic E-state index is 0.109. The van der Waals surface area contributed by atoms with Gasteiger partial charge < -0.3 is 4.74 Å². The molecule has 0 aliphatic heterocycles. The van der Waals surface area contributed by atoms with E-state index in [1.807, 2.05) is 31.2 Å². The van der Waals surface area contributed by atoms with Gasteiger partial charge in [0.05, 0.1) is 16.3 Å². The molecule has 0 aliphatic carbocycles. The molecule has 0 bridgehead atoms. The molecule has 0 fully saturated rings. The Morgan fingerprint density at radius 3 is 2.59 bits per heavy atom. The maximum atomic E-state index is 11.6. The van der Waals surface area contributed by atoms with Crippen molar-refractivity contribution in [3.8, 4) is 5.75 Å². The topological polar surface area (TPSA) is 50.7 Å². The Morgan fingerprint density at radius 2 is 1.91 bits per heavy atom. The van der Waals surface area contributed by atoms with Crippen molar-refractivity contribution in [2.45, 2.75) is 6.92 Å². The maximum Gasteiger partial charge on any atom is 0.277 e. The van der Waals surface area contributed by atoms with E-state index in [1.165, 1.54) is 6.21 Å². The minimum Gasteiger partial charge on any atom is -0.484 e. The number of benzene rings is 2. The number of hydrogen-bond donors (Lipinski definition) is 1. The number of aryl methyl sites for hydroxylation is 1. The molecule has 1 N–H and O–H groups in total. The molecule has 0 radical (unpaired) electrons. The van der Waals surface area contributed by atoms with Crippen LogP contribution < -0.4 is 10.2 Å². The van der Waals surface area contributed by atoms with Crippen molar-refractivity contribution in [3.05, 3.63) is 63.6 Å². The zero-order chi connectivity index (χ0) is 15.9. The highest BCUT2D eigenvalue weighted by molar-refractivity contribution is 6.42. The van der Waals surface area contributed by atoms with Crippen LogP contribution in [0.4, 0.5) is 0 Å². The van der Waals surface area contributed by atoms with E-state index in [1.54, 1.807) is 18.2 Å². The van der Waals surface area contributed by atoms with Gasteiger partial charge in [-0.3, -0.25) is 4.79 Å². The summed E-state index contributed by atoms with van der Waals surface area (Å²) >= 11 is 11.7. The highest BCUT2D eigenvalue weighted by Crippen LogP contribution is 2.21. The lowest BCUT2D eigenvalue weighted by atomic mass is 10.2. The molecule has 114 valence electrons. The molecular weight excluding hydrogens is 323 g/mol. The summed E-state index contributed by atoms with van der Waals surface area (Å²) in [4.78, 5) is 11.6. The fraction of sp³-hybridized carbons (Fsp3) is 0.125. The average Bonchev–Trinajstić information content (AvgIpc) is 2.50. The predicted molar refractivity (Wildman–Crippen MR) is 88.9 cm³/mol. The molecule has 2 rings (SSSR count). The number of hydrazone groups is 1. The van der Waals surface area contributed by atoms with Gasteiger partial charge in [-0.25, -0.2) is 5.43 Å². The molecule has 0 atom stereocenters. The van der Waals surface area contributed by atoms with Crippen LogP contribution in [0.25, 0.3) is 0 Å². The third-order valence-electron chi connectivity index (χ3n) is 2.74. The van der Waals surface area contributed by atoms with Gasteiger partial charge >= 0.3 is 0 Å². The SMILES string of the molecule is Cc1ccc(OCC(=O)N/N=C\c2ccc(Cl)c(Cl)c2)cc1. The second-order valence-corrected chi connectivity index (χ2v) is 5.38. The molecule has 0 saturated heterocycles. The van der Waals surface area contributed by atoms with Crippen LogP contribution in [0.1, 0.15) is 11.1 Å². The normalized spacial score (nSPS) is 10.7. The Morgan fingerprint density at radius 1 is 1.18 bits per heavy atom. The zero-order valence-corrected chi connectivity index (χ0v) is 13.4. The number of hydrogen-bond acceptors (Lipinski definition) is 3. The van der Waals surface area contributed by atoms with Crippen molar-refractivity contribution in [3.63, 3.8) is 0 Å². The van der Waals surface area contributed by atoms with Gasteiger partial charge in [0.2, 0.25) is 0 Å². The molecule has 1 amide bonds. The summed E-state index contributed by atoms with van der Waals surface area (Å²) in [5, 5.41) is 4.73. The van der Waals surface area contributed by atoms with Crippen LogP contribution in [-0.4, -0.2) is 18.7 Å². The summed E-state index contributed by atoms with van der Waals surface area (Å²) in [6, 6.07) is 12.5. The molecule has 0 heterocycles. The average molecular weight is 337 g/mol. The molecule has 0 unspecified atom stereocenters. The van der Waals surface area contributed by atoms with Crippen molar-refractivity contribution in [1.82, 2.24) is 5.43 Å². The summed E-state index contributed by atoms with van der Waals surface area (Å²) in [6.45, 7) is 1.87. The van der Waals surface area contributed by atoms with Gasteiger partial charge in [-0.05, 0) is 36.8 Å². The molecule has 6 heteroatoms. The molecular formula is C16H14Cl2N2O2. The fourth-order valence-electron chi connectivity index (χ4n) is 1.59. The smallest absolute Gasteiger partial charge is 0.277 e. The van der Waals surface area contributed by atoms with Gasteiger partial charge in [-0.1, -0.05) is 47.0 Å². The lowest BCUT2D eigenvalue weighted by molar-refractivity contribution is -0.123. The van der Waals surface area contributed by atoms with E-state index in [0.717, 1.165) is 11.1 Å². The number of carbonyl (C=O) groups is 1. The summed E-state index contributed by atoms with van der Waals surface area (Å²) in [6.07, 6.45) is 1.48. The van der Waals surface area contributed by atoms with Crippen molar-refractivity contribution in [2.24, 2.45) is 5.10 Å². The minimum atomic E-state index is -0.350. The van der Waals surface area contributed by atoms with Crippen molar-refractivity contribution < 1.29 is 9.53 Å². The number of halogens is 2. The first-order chi connectivity index (χ1) is 10.5. The van der Waals surface area contributed by atoms with Crippen LogP contribution >= 0.6 is 23.2 Å². The Labute approximate surface area is 138 Å². The molecule has 2 aromatic rings. The highest BCUT2D eigenvalue weighted by Gasteiger charge is 2.01. The van der Waals surface area contributed by atoms with Gasteiger partial charge in [0.15, 0.2) is 6.61 Å². The van der Waals surface area contributed by atoms with Crippen LogP contribution in [0.5, 0.6) is 5.75 Å². The van der Waals surface area contributed by atoms with Crippen LogP contribution in [0.3, 0.4) is 0 Å². The van der Waals surface area contributed by atoms with Gasteiger partial charge in [0.25, 0.3) is 5.91 Å². The summed E-state index contributed by atoms with van der Waals surface area (Å²) in [7, 11) is 0. The molecule has 0 saturated carbocycles. The van der Waals surface area contributed by atoms with E-state index in [0.29, 0.717) is 15.8 Å². The standard InChI is InChI=1S/C16H14Cl2N2O2/c1-11-2-5-13(6-3-11)22-10-16(21)20-19-9-12-4-7-14(17)15(18)8-12/h2-9H,10H2,1H3,(H,20,21)/b19-9-. The molecule has 0 aliphatic rings. The molecule has 2 aromatic carbocycles. The van der Waals surface area contributed by atoms with Gasteiger partial charge in [-0.15, -0.1) is 0 Å². The first kappa shape index (κ1) is 16.3. The number of nitrogens with zero attached hydrogens (tertiary/aromatic N) is 1. The predicted octanol–water partition coefficient (Wildman–Crippen LogP) is 3.83. The van der Waals surface area contributed by atoms with E-state index >= 15 is 0 Å². The maximum absolute atomic E-state index is 11.6. The van der Waals surface area contributed by atoms with Crippen molar-refractivity contribution >= 4 is 35.3 Å². The molecule has 0 aromatic heterocycles. The van der Waals surface area contributed by atoms with Crippen LogP contribution in [0.15, 0.2) is 47.6 Å². The zero-order valence-electron chi connectivity index (χ0n) is 11.8. The van der Waals surface area contributed by atoms with Crippen molar-refractivity contribution in [1.29, 1.82) is 0 Å². The first-order valence-electron chi connectivity index (χ1n) is 6.51. The Kier molecular flexibility index (Phi) is 5.81. The van der Waals surface area contributed by atoms with Gasteiger partial charge in [-0.2, -0.15) is 5.10 Å². The van der Waals surface area contributed by atoms with Gasteiger partial charge in [0, 0.05) is 0 Å².